The number of carbonyl (C=O) groups is 1. The number of rotatable bonds is 16. The predicted octanol–water partition coefficient (Wildman–Crippen LogP) is 10.2. The Balaban J connectivity index is 1.63. The first kappa shape index (κ1) is 33.9. The maximum Gasteiger partial charge on any atom is 0.263 e. The number of aryl methyl sites for hydroxylation is 1. The van der Waals surface area contributed by atoms with Gasteiger partial charge in [-0.3, -0.25) is 4.79 Å². The molecule has 0 radical (unpaired) electrons. The number of carbonyl (C=O) groups excluding carboxylic acids is 1. The fourth-order valence-electron chi connectivity index (χ4n) is 5.42. The van der Waals surface area contributed by atoms with Crippen molar-refractivity contribution in [1.29, 1.82) is 0 Å². The molecule has 5 nitrogen and oxygen atoms in total. The van der Waals surface area contributed by atoms with Crippen LogP contribution in [-0.4, -0.2) is 32.0 Å². The number of benzene rings is 3. The Morgan fingerprint density at radius 3 is 1.36 bits per heavy atom. The van der Waals surface area contributed by atoms with E-state index in [-0.39, 0.29) is 17.3 Å². The van der Waals surface area contributed by atoms with Gasteiger partial charge >= 0.3 is 0 Å². The highest BCUT2D eigenvalue weighted by Gasteiger charge is 2.26. The van der Waals surface area contributed by atoms with Crippen LogP contribution in [0, 0.1) is 6.92 Å². The lowest BCUT2D eigenvalue weighted by molar-refractivity contribution is -0.115. The SMILES string of the molecule is CCCCN(CCCC)c1ccc(/C=C2\Oc3ccc(C)cc3O/C(=C\c3ccc(N(CCCC)CCCC)cc3)C2=O)cc1. The second kappa shape index (κ2) is 17.5. The molecule has 0 saturated carbocycles. The van der Waals surface area contributed by atoms with Gasteiger partial charge < -0.3 is 19.3 Å². The topological polar surface area (TPSA) is 42.0 Å². The highest BCUT2D eigenvalue weighted by molar-refractivity contribution is 6.11. The molecule has 0 bridgehead atoms. The molecule has 1 aliphatic heterocycles. The van der Waals surface area contributed by atoms with Crippen LogP contribution in [0.3, 0.4) is 0 Å². The number of ketones is 1. The Labute approximate surface area is 271 Å². The van der Waals surface area contributed by atoms with Gasteiger partial charge in [0, 0.05) is 37.6 Å². The molecule has 0 spiro atoms. The minimum Gasteiger partial charge on any atom is -0.449 e. The second-order valence-electron chi connectivity index (χ2n) is 12.1. The van der Waals surface area contributed by atoms with Crippen LogP contribution in [0.2, 0.25) is 0 Å². The molecule has 0 atom stereocenters. The molecule has 3 aromatic rings. The maximum atomic E-state index is 13.9. The van der Waals surface area contributed by atoms with Gasteiger partial charge in [-0.2, -0.15) is 0 Å². The molecule has 0 saturated heterocycles. The molecule has 0 aliphatic carbocycles. The summed E-state index contributed by atoms with van der Waals surface area (Å²) in [6.45, 7) is 15.1. The van der Waals surface area contributed by atoms with E-state index in [0.29, 0.717) is 11.5 Å². The summed E-state index contributed by atoms with van der Waals surface area (Å²) in [5.41, 5.74) is 5.27. The summed E-state index contributed by atoms with van der Waals surface area (Å²) in [5.74, 6) is 1.28. The molecule has 3 aromatic carbocycles. The van der Waals surface area contributed by atoms with Crippen molar-refractivity contribution in [3.05, 3.63) is 94.9 Å². The van der Waals surface area contributed by atoms with Gasteiger partial charge in [-0.05, 0) is 97.8 Å². The van der Waals surface area contributed by atoms with E-state index in [0.717, 1.165) is 42.9 Å². The molecule has 45 heavy (non-hydrogen) atoms. The number of Topliss-reactive ketones (excluding diaryl/α,β-unsaturated/α-hetero) is 1. The van der Waals surface area contributed by atoms with Crippen molar-refractivity contribution >= 4 is 29.3 Å². The first-order chi connectivity index (χ1) is 21.9. The number of hydrogen-bond donors (Lipinski definition) is 0. The lowest BCUT2D eigenvalue weighted by Crippen LogP contribution is -2.25. The third kappa shape index (κ3) is 9.75. The molecule has 0 unspecified atom stereocenters. The van der Waals surface area contributed by atoms with Gasteiger partial charge in [-0.1, -0.05) is 83.7 Å². The highest BCUT2D eigenvalue weighted by Crippen LogP contribution is 2.36. The lowest BCUT2D eigenvalue weighted by Gasteiger charge is -2.24. The normalized spacial score (nSPS) is 14.6. The number of anilines is 2. The van der Waals surface area contributed by atoms with E-state index in [4.69, 9.17) is 9.47 Å². The first-order valence-electron chi connectivity index (χ1n) is 17.1. The zero-order valence-corrected chi connectivity index (χ0v) is 28.1. The average Bonchev–Trinajstić information content (AvgIpc) is 3.17. The zero-order valence-electron chi connectivity index (χ0n) is 28.1. The van der Waals surface area contributed by atoms with E-state index in [1.54, 1.807) is 0 Å². The summed E-state index contributed by atoms with van der Waals surface area (Å²) in [5, 5.41) is 0. The standard InChI is InChI=1S/C40H52N2O3/c1-6-10-24-41(25-11-7-2)34-19-15-32(16-20-34)29-38-40(43)39(45-37-28-31(5)14-23-36(37)44-38)30-33-17-21-35(22-18-33)42(26-12-8-3)27-13-9-4/h14-23,28-30H,6-13,24-27H2,1-5H3/b38-29-,39-30-. The molecule has 1 heterocycles. The Kier molecular flexibility index (Phi) is 13.2. The van der Waals surface area contributed by atoms with Crippen LogP contribution in [0.5, 0.6) is 11.5 Å². The molecular weight excluding hydrogens is 556 g/mol. The summed E-state index contributed by atoms with van der Waals surface area (Å²) >= 11 is 0. The van der Waals surface area contributed by atoms with Crippen LogP contribution in [0.15, 0.2) is 78.2 Å². The summed E-state index contributed by atoms with van der Waals surface area (Å²) < 4.78 is 12.5. The van der Waals surface area contributed by atoms with Crippen molar-refractivity contribution in [2.45, 2.75) is 86.0 Å². The van der Waals surface area contributed by atoms with Gasteiger partial charge in [0.15, 0.2) is 23.0 Å². The van der Waals surface area contributed by atoms with Crippen LogP contribution in [-0.2, 0) is 4.79 Å². The van der Waals surface area contributed by atoms with Crippen molar-refractivity contribution in [2.24, 2.45) is 0 Å². The quantitative estimate of drug-likeness (QED) is 0.151. The van der Waals surface area contributed by atoms with Crippen LogP contribution >= 0.6 is 0 Å². The molecule has 1 aliphatic rings. The van der Waals surface area contributed by atoms with E-state index < -0.39 is 0 Å². The van der Waals surface area contributed by atoms with Crippen LogP contribution in [0.1, 0.15) is 95.8 Å². The van der Waals surface area contributed by atoms with E-state index in [2.05, 4.69) is 86.0 Å². The molecule has 4 rings (SSSR count). The second-order valence-corrected chi connectivity index (χ2v) is 12.1. The van der Waals surface area contributed by atoms with Gasteiger partial charge in [0.1, 0.15) is 0 Å². The number of nitrogens with zero attached hydrogens (tertiary/aromatic N) is 2. The van der Waals surface area contributed by atoms with Gasteiger partial charge in [-0.15, -0.1) is 0 Å². The van der Waals surface area contributed by atoms with Crippen molar-refractivity contribution in [3.63, 3.8) is 0 Å². The smallest absolute Gasteiger partial charge is 0.263 e. The molecule has 0 aromatic heterocycles. The van der Waals surface area contributed by atoms with E-state index in [1.165, 1.54) is 62.7 Å². The number of hydrogen-bond acceptors (Lipinski definition) is 5. The first-order valence-corrected chi connectivity index (χ1v) is 17.1. The van der Waals surface area contributed by atoms with Gasteiger partial charge in [0.2, 0.25) is 0 Å². The molecule has 0 fully saturated rings. The van der Waals surface area contributed by atoms with Crippen LogP contribution in [0.25, 0.3) is 12.2 Å². The van der Waals surface area contributed by atoms with Gasteiger partial charge in [0.25, 0.3) is 5.78 Å². The van der Waals surface area contributed by atoms with Crippen molar-refractivity contribution in [1.82, 2.24) is 0 Å². The predicted molar refractivity (Wildman–Crippen MR) is 190 cm³/mol. The average molecular weight is 609 g/mol. The zero-order chi connectivity index (χ0) is 32.0. The van der Waals surface area contributed by atoms with Gasteiger partial charge in [0.05, 0.1) is 0 Å². The van der Waals surface area contributed by atoms with E-state index >= 15 is 0 Å². The van der Waals surface area contributed by atoms with Crippen molar-refractivity contribution in [2.75, 3.05) is 36.0 Å². The fraction of sp³-hybridized carbons (Fsp3) is 0.425. The van der Waals surface area contributed by atoms with E-state index in [9.17, 15) is 4.79 Å². The molecule has 0 amide bonds. The number of unbranched alkanes of at least 4 members (excludes halogenated alkanes) is 4. The summed E-state index contributed by atoms with van der Waals surface area (Å²) in [4.78, 5) is 18.9. The van der Waals surface area contributed by atoms with Gasteiger partial charge in [-0.25, -0.2) is 0 Å². The van der Waals surface area contributed by atoms with Crippen LogP contribution < -0.4 is 19.3 Å². The van der Waals surface area contributed by atoms with E-state index in [1.807, 2.05) is 37.3 Å². The highest BCUT2D eigenvalue weighted by atomic mass is 16.5. The minimum atomic E-state index is -0.281. The molecular formula is C40H52N2O3. The largest absolute Gasteiger partial charge is 0.449 e. The van der Waals surface area contributed by atoms with Crippen molar-refractivity contribution < 1.29 is 14.3 Å². The summed E-state index contributed by atoms with van der Waals surface area (Å²) in [6, 6.07) is 22.6. The van der Waals surface area contributed by atoms with Crippen molar-refractivity contribution in [3.8, 4) is 11.5 Å². The summed E-state index contributed by atoms with van der Waals surface area (Å²) in [7, 11) is 0. The Morgan fingerprint density at radius 2 is 0.956 bits per heavy atom. The minimum absolute atomic E-state index is 0.243. The molecule has 0 N–H and O–H groups in total. The Bertz CT molecular complexity index is 1410. The Morgan fingerprint density at radius 1 is 0.556 bits per heavy atom. The molecule has 5 heteroatoms. The summed E-state index contributed by atoms with van der Waals surface area (Å²) in [6.07, 6.45) is 13.0. The fourth-order valence-corrected chi connectivity index (χ4v) is 5.42. The number of ether oxygens (including phenoxy) is 2. The van der Waals surface area contributed by atoms with Crippen LogP contribution in [0.4, 0.5) is 11.4 Å². The third-order valence-electron chi connectivity index (χ3n) is 8.22. The third-order valence-corrected chi connectivity index (χ3v) is 8.22. The lowest BCUT2D eigenvalue weighted by atomic mass is 10.1. The number of fused-ring (bicyclic) bond motifs is 1. The Hall–Kier alpha value is -3.99. The molecule has 240 valence electrons. The maximum absolute atomic E-state index is 13.9. The monoisotopic (exact) mass is 608 g/mol.